The van der Waals surface area contributed by atoms with Crippen LogP contribution in [0.2, 0.25) is 0 Å². The van der Waals surface area contributed by atoms with E-state index in [1.54, 1.807) is 0 Å². The van der Waals surface area contributed by atoms with Crippen LogP contribution in [0.3, 0.4) is 0 Å². The molecular weight excluding hydrogens is 304 g/mol. The minimum absolute atomic E-state index is 0.187. The number of carbonyl (C=O) groups excluding carboxylic acids is 1. The Morgan fingerprint density at radius 3 is 2.50 bits per heavy atom. The summed E-state index contributed by atoms with van der Waals surface area (Å²) < 4.78 is 0. The minimum Gasteiger partial charge on any atom is -0.393 e. The van der Waals surface area contributed by atoms with Crippen molar-refractivity contribution < 1.29 is 9.90 Å². The zero-order chi connectivity index (χ0) is 16.9. The first-order chi connectivity index (χ1) is 11.7. The maximum absolute atomic E-state index is 12.1. The molecule has 3 fully saturated rings. The van der Waals surface area contributed by atoms with Crippen LogP contribution >= 0.6 is 0 Å². The first-order valence-corrected chi connectivity index (χ1v) is 9.69. The van der Waals surface area contributed by atoms with Crippen LogP contribution in [-0.2, 0) is 4.79 Å². The van der Waals surface area contributed by atoms with Crippen molar-refractivity contribution in [2.75, 3.05) is 26.2 Å². The molecule has 0 radical (unpaired) electrons. The van der Waals surface area contributed by atoms with Gasteiger partial charge in [0.25, 0.3) is 0 Å². The van der Waals surface area contributed by atoms with Crippen molar-refractivity contribution in [3.8, 4) is 0 Å². The molecule has 6 heteroatoms. The molecule has 3 N–H and O–H groups in total. The third-order valence-electron chi connectivity index (χ3n) is 5.52. The molecule has 6 nitrogen and oxygen atoms in total. The van der Waals surface area contributed by atoms with Gasteiger partial charge in [0.2, 0.25) is 5.91 Å². The molecule has 0 spiro atoms. The second-order valence-corrected chi connectivity index (χ2v) is 7.50. The van der Waals surface area contributed by atoms with Gasteiger partial charge in [-0.15, -0.1) is 0 Å². The quantitative estimate of drug-likeness (QED) is 0.519. The normalized spacial score (nSPS) is 28.9. The van der Waals surface area contributed by atoms with E-state index >= 15 is 0 Å². The second kappa shape index (κ2) is 8.19. The summed E-state index contributed by atoms with van der Waals surface area (Å²) in [6.45, 7) is 5.30. The highest BCUT2D eigenvalue weighted by Crippen LogP contribution is 2.32. The molecule has 1 amide bonds. The Bertz CT molecular complexity index is 456. The van der Waals surface area contributed by atoms with Crippen LogP contribution in [0.25, 0.3) is 0 Å². The molecular formula is C18H32N4O2. The number of hydrogen-bond donors (Lipinski definition) is 3. The molecule has 3 rings (SSSR count). The average molecular weight is 336 g/mol. The predicted molar refractivity (Wildman–Crippen MR) is 94.8 cm³/mol. The summed E-state index contributed by atoms with van der Waals surface area (Å²) in [6, 6.07) is 0.375. The van der Waals surface area contributed by atoms with E-state index in [2.05, 4.69) is 22.5 Å². The highest BCUT2D eigenvalue weighted by molar-refractivity contribution is 5.81. The van der Waals surface area contributed by atoms with Crippen LogP contribution in [0.1, 0.15) is 51.9 Å². The summed E-state index contributed by atoms with van der Waals surface area (Å²) in [5.41, 5.74) is 0. The number of amides is 1. The third-order valence-corrected chi connectivity index (χ3v) is 5.52. The van der Waals surface area contributed by atoms with E-state index in [1.165, 1.54) is 0 Å². The van der Waals surface area contributed by atoms with Gasteiger partial charge in [-0.05, 0) is 45.4 Å². The van der Waals surface area contributed by atoms with Crippen molar-refractivity contribution in [2.45, 2.75) is 64.0 Å². The SMILES string of the molecule is CCNC(=NCC1CCCC1O)NC1CCN(C(=O)C2CC2)CC1. The molecule has 0 aromatic rings. The number of aliphatic hydroxyl groups excluding tert-OH is 1. The third kappa shape index (κ3) is 4.62. The molecule has 24 heavy (non-hydrogen) atoms. The predicted octanol–water partition coefficient (Wildman–Crippen LogP) is 1.10. The zero-order valence-electron chi connectivity index (χ0n) is 14.8. The van der Waals surface area contributed by atoms with Gasteiger partial charge < -0.3 is 20.6 Å². The molecule has 3 aliphatic rings. The van der Waals surface area contributed by atoms with E-state index in [4.69, 9.17) is 0 Å². The Morgan fingerprint density at radius 2 is 1.92 bits per heavy atom. The van der Waals surface area contributed by atoms with E-state index in [9.17, 15) is 9.90 Å². The van der Waals surface area contributed by atoms with Crippen molar-refractivity contribution in [3.05, 3.63) is 0 Å². The van der Waals surface area contributed by atoms with Crippen LogP contribution in [0.5, 0.6) is 0 Å². The lowest BCUT2D eigenvalue weighted by Crippen LogP contribution is -2.50. The van der Waals surface area contributed by atoms with E-state index in [-0.39, 0.29) is 6.10 Å². The Labute approximate surface area is 145 Å². The van der Waals surface area contributed by atoms with Crippen molar-refractivity contribution in [1.29, 1.82) is 0 Å². The van der Waals surface area contributed by atoms with Gasteiger partial charge in [-0.2, -0.15) is 0 Å². The van der Waals surface area contributed by atoms with Gasteiger partial charge in [0.05, 0.1) is 6.10 Å². The highest BCUT2D eigenvalue weighted by atomic mass is 16.3. The summed E-state index contributed by atoms with van der Waals surface area (Å²) in [5, 5.41) is 16.8. The molecule has 0 bridgehead atoms. The molecule has 2 atom stereocenters. The van der Waals surface area contributed by atoms with Crippen molar-refractivity contribution >= 4 is 11.9 Å². The fourth-order valence-corrected chi connectivity index (χ4v) is 3.78. The number of likely N-dealkylation sites (tertiary alicyclic amines) is 1. The van der Waals surface area contributed by atoms with E-state index in [0.29, 0.717) is 30.3 Å². The lowest BCUT2D eigenvalue weighted by atomic mass is 10.0. The number of aliphatic imine (C=N–C) groups is 1. The summed E-state index contributed by atoms with van der Waals surface area (Å²) in [4.78, 5) is 18.8. The number of carbonyl (C=O) groups is 1. The number of aliphatic hydroxyl groups is 1. The number of nitrogens with zero attached hydrogens (tertiary/aromatic N) is 2. The summed E-state index contributed by atoms with van der Waals surface area (Å²) in [7, 11) is 0. The van der Waals surface area contributed by atoms with Crippen molar-refractivity contribution in [1.82, 2.24) is 15.5 Å². The molecule has 1 saturated heterocycles. The lowest BCUT2D eigenvalue weighted by Gasteiger charge is -2.33. The monoisotopic (exact) mass is 336 g/mol. The van der Waals surface area contributed by atoms with Crippen LogP contribution in [0.4, 0.5) is 0 Å². The number of rotatable bonds is 5. The molecule has 2 aliphatic carbocycles. The summed E-state index contributed by atoms with van der Waals surface area (Å²) in [5.74, 6) is 1.84. The number of piperidine rings is 1. The Balaban J connectivity index is 1.45. The fraction of sp³-hybridized carbons (Fsp3) is 0.889. The van der Waals surface area contributed by atoms with Crippen LogP contribution in [0.15, 0.2) is 4.99 Å². The van der Waals surface area contributed by atoms with Gasteiger partial charge in [0.1, 0.15) is 0 Å². The fourth-order valence-electron chi connectivity index (χ4n) is 3.78. The lowest BCUT2D eigenvalue weighted by molar-refractivity contribution is -0.133. The van der Waals surface area contributed by atoms with Crippen LogP contribution in [0, 0.1) is 11.8 Å². The molecule has 2 saturated carbocycles. The Kier molecular flexibility index (Phi) is 5.98. The number of hydrogen-bond acceptors (Lipinski definition) is 3. The van der Waals surface area contributed by atoms with Gasteiger partial charge >= 0.3 is 0 Å². The van der Waals surface area contributed by atoms with Gasteiger partial charge in [-0.1, -0.05) is 6.42 Å². The molecule has 2 unspecified atom stereocenters. The summed E-state index contributed by atoms with van der Waals surface area (Å²) in [6.07, 6.45) is 7.04. The standard InChI is InChI=1S/C18H32N4O2/c1-2-19-18(20-12-14-4-3-5-16(14)23)21-15-8-10-22(11-9-15)17(24)13-6-7-13/h13-16,23H,2-12H2,1H3,(H2,19,20,21). The van der Waals surface area contributed by atoms with Crippen LogP contribution in [-0.4, -0.2) is 60.2 Å². The van der Waals surface area contributed by atoms with Crippen molar-refractivity contribution in [2.24, 2.45) is 16.8 Å². The van der Waals surface area contributed by atoms with Gasteiger partial charge in [-0.25, -0.2) is 0 Å². The van der Waals surface area contributed by atoms with Gasteiger partial charge in [0, 0.05) is 44.1 Å². The smallest absolute Gasteiger partial charge is 0.225 e. The molecule has 136 valence electrons. The van der Waals surface area contributed by atoms with E-state index in [1.807, 2.05) is 4.90 Å². The topological polar surface area (TPSA) is 77.0 Å². The Morgan fingerprint density at radius 1 is 1.17 bits per heavy atom. The minimum atomic E-state index is -0.187. The average Bonchev–Trinajstić information content (AvgIpc) is 3.36. The Hall–Kier alpha value is -1.30. The highest BCUT2D eigenvalue weighted by Gasteiger charge is 2.35. The largest absolute Gasteiger partial charge is 0.393 e. The summed E-state index contributed by atoms with van der Waals surface area (Å²) >= 11 is 0. The van der Waals surface area contributed by atoms with Crippen molar-refractivity contribution in [3.63, 3.8) is 0 Å². The van der Waals surface area contributed by atoms with E-state index in [0.717, 1.165) is 70.5 Å². The second-order valence-electron chi connectivity index (χ2n) is 7.50. The molecule has 1 heterocycles. The first-order valence-electron chi connectivity index (χ1n) is 9.69. The van der Waals surface area contributed by atoms with Crippen LogP contribution < -0.4 is 10.6 Å². The maximum Gasteiger partial charge on any atom is 0.225 e. The van der Waals surface area contributed by atoms with Gasteiger partial charge in [0.15, 0.2) is 5.96 Å². The van der Waals surface area contributed by atoms with Gasteiger partial charge in [-0.3, -0.25) is 9.79 Å². The maximum atomic E-state index is 12.1. The number of nitrogens with one attached hydrogen (secondary N) is 2. The number of guanidine groups is 1. The van der Waals surface area contributed by atoms with E-state index < -0.39 is 0 Å². The first kappa shape index (κ1) is 17.5. The molecule has 0 aromatic carbocycles. The molecule has 1 aliphatic heterocycles. The zero-order valence-corrected chi connectivity index (χ0v) is 14.8. The molecule has 0 aromatic heterocycles.